The summed E-state index contributed by atoms with van der Waals surface area (Å²) >= 11 is 12.6. The molecule has 11 heteroatoms. The third kappa shape index (κ3) is 7.68. The Morgan fingerprint density at radius 3 is 2.39 bits per heavy atom. The minimum absolute atomic E-state index is 0.0222. The number of ether oxygens (including phenoxy) is 4. The molecule has 0 aromatic heterocycles. The first-order chi connectivity index (χ1) is 18.1. The molecule has 0 spiro atoms. The quantitative estimate of drug-likeness (QED) is 0.277. The van der Waals surface area contributed by atoms with Gasteiger partial charge in [0.1, 0.15) is 43.4 Å². The van der Waals surface area contributed by atoms with Gasteiger partial charge in [0, 0.05) is 26.4 Å². The molecular formula is C27H28Cl2O9. The van der Waals surface area contributed by atoms with Crippen molar-refractivity contribution in [1.29, 1.82) is 0 Å². The molecule has 3 N–H and O–H groups in total. The second-order valence-corrected chi connectivity index (χ2v) is 9.46. The number of halogens is 2. The van der Waals surface area contributed by atoms with Crippen molar-refractivity contribution < 1.29 is 43.9 Å². The first-order valence-corrected chi connectivity index (χ1v) is 12.4. The largest absolute Gasteiger partial charge is 0.486 e. The maximum absolute atomic E-state index is 12.6. The van der Waals surface area contributed by atoms with E-state index < -0.39 is 43.3 Å². The Kier molecular flexibility index (Phi) is 10.9. The summed E-state index contributed by atoms with van der Waals surface area (Å²) < 4.78 is 21.2. The second kappa shape index (κ2) is 13.9. The number of ketones is 1. The van der Waals surface area contributed by atoms with Gasteiger partial charge in [0.2, 0.25) is 0 Å². The number of aliphatic hydroxyl groups excluding tert-OH is 3. The van der Waals surface area contributed by atoms with Gasteiger partial charge >= 0.3 is 5.97 Å². The van der Waals surface area contributed by atoms with E-state index >= 15 is 0 Å². The molecule has 5 atom stereocenters. The summed E-state index contributed by atoms with van der Waals surface area (Å²) in [4.78, 5) is 24.6. The molecule has 1 aliphatic rings. The number of rotatable bonds is 11. The number of carbonyl (C=O) groups excluding carboxylic acids is 2. The van der Waals surface area contributed by atoms with Crippen LogP contribution in [0.3, 0.4) is 0 Å². The van der Waals surface area contributed by atoms with Crippen molar-refractivity contribution in [3.05, 3.63) is 63.1 Å². The number of esters is 1. The SMILES string of the molecule is C#CCCC(=O)Cc1cccc(COc2c(Cl)cc(C(=O)OC[C@H]3O[C@@H](OC)[C@H](O)[C@@H](O)[C@@H]3O)cc2Cl)c1. The number of terminal acetylenes is 1. The van der Waals surface area contributed by atoms with Crippen LogP contribution in [0.5, 0.6) is 5.75 Å². The predicted octanol–water partition coefficient (Wildman–Crippen LogP) is 2.71. The number of Topliss-reactive ketones (excluding diaryl/α,β-unsaturated/α-hetero) is 1. The number of hydrogen-bond acceptors (Lipinski definition) is 9. The summed E-state index contributed by atoms with van der Waals surface area (Å²) in [5.74, 6) is 1.85. The van der Waals surface area contributed by atoms with E-state index in [1.807, 2.05) is 24.3 Å². The Hall–Kier alpha value is -2.68. The third-order valence-corrected chi connectivity index (χ3v) is 6.40. The molecule has 0 unspecified atom stereocenters. The predicted molar refractivity (Wildman–Crippen MR) is 138 cm³/mol. The van der Waals surface area contributed by atoms with E-state index in [9.17, 15) is 24.9 Å². The van der Waals surface area contributed by atoms with E-state index in [4.69, 9.17) is 48.6 Å². The van der Waals surface area contributed by atoms with E-state index in [0.717, 1.165) is 11.1 Å². The smallest absolute Gasteiger partial charge is 0.338 e. The van der Waals surface area contributed by atoms with Crippen LogP contribution in [0.25, 0.3) is 0 Å². The van der Waals surface area contributed by atoms with Crippen molar-refractivity contribution in [2.75, 3.05) is 13.7 Å². The number of methoxy groups -OCH3 is 1. The molecule has 0 saturated carbocycles. The summed E-state index contributed by atoms with van der Waals surface area (Å²) in [7, 11) is 1.26. The molecule has 204 valence electrons. The molecular weight excluding hydrogens is 539 g/mol. The van der Waals surface area contributed by atoms with E-state index in [-0.39, 0.29) is 40.2 Å². The van der Waals surface area contributed by atoms with Crippen LogP contribution in [-0.4, -0.2) is 71.5 Å². The standard InChI is InChI=1S/C27H28Cl2O9/c1-3-4-8-18(30)10-15-6-5-7-16(9-15)13-36-25-19(28)11-17(12-20(25)29)26(34)37-14-21-22(31)23(32)24(33)27(35-2)38-21/h1,5-7,9,11-12,21-24,27,31-33H,4,8,10,13-14H2,2H3/t21-,22-,23+,24-,27-/m1/s1. The fraction of sp³-hybridized carbons (Fsp3) is 0.407. The minimum atomic E-state index is -1.55. The van der Waals surface area contributed by atoms with E-state index in [1.54, 1.807) is 0 Å². The van der Waals surface area contributed by atoms with Crippen LogP contribution in [0.2, 0.25) is 10.0 Å². The molecule has 0 aliphatic carbocycles. The summed E-state index contributed by atoms with van der Waals surface area (Å²) in [6.07, 6.45) is -0.659. The topological polar surface area (TPSA) is 132 Å². The van der Waals surface area contributed by atoms with Crippen LogP contribution < -0.4 is 4.74 Å². The molecule has 1 saturated heterocycles. The lowest BCUT2D eigenvalue weighted by atomic mass is 9.99. The van der Waals surface area contributed by atoms with Gasteiger partial charge in [0.15, 0.2) is 12.0 Å². The zero-order valence-corrected chi connectivity index (χ0v) is 22.0. The highest BCUT2D eigenvalue weighted by Crippen LogP contribution is 2.35. The van der Waals surface area contributed by atoms with E-state index in [0.29, 0.717) is 12.8 Å². The average molecular weight is 567 g/mol. The van der Waals surface area contributed by atoms with Crippen molar-refractivity contribution in [1.82, 2.24) is 0 Å². The van der Waals surface area contributed by atoms with Gasteiger partial charge in [-0.05, 0) is 23.3 Å². The summed E-state index contributed by atoms with van der Waals surface area (Å²) in [6, 6.07) is 9.96. The molecule has 2 aromatic rings. The maximum atomic E-state index is 12.6. The van der Waals surface area contributed by atoms with Gasteiger partial charge in [-0.3, -0.25) is 4.79 Å². The van der Waals surface area contributed by atoms with Crippen LogP contribution in [0.15, 0.2) is 36.4 Å². The van der Waals surface area contributed by atoms with Gasteiger partial charge in [-0.1, -0.05) is 47.5 Å². The van der Waals surface area contributed by atoms with Crippen molar-refractivity contribution in [2.24, 2.45) is 0 Å². The van der Waals surface area contributed by atoms with Crippen molar-refractivity contribution >= 4 is 35.0 Å². The van der Waals surface area contributed by atoms with Gasteiger partial charge in [0.05, 0.1) is 15.6 Å². The van der Waals surface area contributed by atoms with Gasteiger partial charge in [0.25, 0.3) is 0 Å². The van der Waals surface area contributed by atoms with E-state index in [1.165, 1.54) is 19.2 Å². The van der Waals surface area contributed by atoms with Crippen LogP contribution in [0.1, 0.15) is 34.3 Å². The second-order valence-electron chi connectivity index (χ2n) is 8.65. The highest BCUT2D eigenvalue weighted by molar-refractivity contribution is 6.37. The van der Waals surface area contributed by atoms with Crippen LogP contribution >= 0.6 is 23.2 Å². The number of aliphatic hydroxyl groups is 3. The zero-order chi connectivity index (χ0) is 27.8. The minimum Gasteiger partial charge on any atom is -0.486 e. The Labute approximate surface area is 230 Å². The molecule has 1 fully saturated rings. The molecule has 1 aliphatic heterocycles. The Bertz CT molecular complexity index is 1150. The van der Waals surface area contributed by atoms with Gasteiger partial charge < -0.3 is 34.3 Å². The van der Waals surface area contributed by atoms with Crippen molar-refractivity contribution in [3.63, 3.8) is 0 Å². The summed E-state index contributed by atoms with van der Waals surface area (Å²) in [5, 5.41) is 30.0. The Morgan fingerprint density at radius 2 is 1.74 bits per heavy atom. The lowest BCUT2D eigenvalue weighted by molar-refractivity contribution is -0.294. The molecule has 0 amide bonds. The van der Waals surface area contributed by atoms with Gasteiger partial charge in [-0.2, -0.15) is 0 Å². The normalized spacial score (nSPS) is 22.9. The summed E-state index contributed by atoms with van der Waals surface area (Å²) in [5.41, 5.74) is 1.64. The number of benzene rings is 2. The van der Waals surface area contributed by atoms with E-state index in [2.05, 4.69) is 5.92 Å². The molecule has 0 bridgehead atoms. The van der Waals surface area contributed by atoms with Crippen LogP contribution in [-0.2, 0) is 32.0 Å². The fourth-order valence-electron chi connectivity index (χ4n) is 3.82. The molecule has 9 nitrogen and oxygen atoms in total. The van der Waals surface area contributed by atoms with Crippen molar-refractivity contribution in [3.8, 4) is 18.1 Å². The Balaban J connectivity index is 1.60. The molecule has 1 heterocycles. The lowest BCUT2D eigenvalue weighted by Crippen LogP contribution is -2.59. The highest BCUT2D eigenvalue weighted by atomic mass is 35.5. The fourth-order valence-corrected chi connectivity index (χ4v) is 4.41. The summed E-state index contributed by atoms with van der Waals surface area (Å²) in [6.45, 7) is -0.319. The lowest BCUT2D eigenvalue weighted by Gasteiger charge is -2.39. The van der Waals surface area contributed by atoms with Crippen LogP contribution in [0, 0.1) is 12.3 Å². The number of carbonyl (C=O) groups is 2. The molecule has 0 radical (unpaired) electrons. The van der Waals surface area contributed by atoms with Gasteiger partial charge in [-0.15, -0.1) is 12.3 Å². The number of hydrogen-bond donors (Lipinski definition) is 3. The molecule has 3 rings (SSSR count). The molecule has 2 aromatic carbocycles. The van der Waals surface area contributed by atoms with Crippen molar-refractivity contribution in [2.45, 2.75) is 56.6 Å². The maximum Gasteiger partial charge on any atom is 0.338 e. The van der Waals surface area contributed by atoms with Crippen LogP contribution in [0.4, 0.5) is 0 Å². The zero-order valence-electron chi connectivity index (χ0n) is 20.5. The monoisotopic (exact) mass is 566 g/mol. The molecule has 38 heavy (non-hydrogen) atoms. The third-order valence-electron chi connectivity index (χ3n) is 5.84. The highest BCUT2D eigenvalue weighted by Gasteiger charge is 2.44. The first kappa shape index (κ1) is 29.9. The Morgan fingerprint density at radius 1 is 1.05 bits per heavy atom. The first-order valence-electron chi connectivity index (χ1n) is 11.7. The average Bonchev–Trinajstić information content (AvgIpc) is 2.89. The van der Waals surface area contributed by atoms with Gasteiger partial charge in [-0.25, -0.2) is 4.79 Å².